The average Bonchev–Trinajstić information content (AvgIpc) is 2.58. The molecule has 1 unspecified atom stereocenters. The van der Waals surface area contributed by atoms with Crippen LogP contribution in [0.25, 0.3) is 0 Å². The highest BCUT2D eigenvalue weighted by Gasteiger charge is 2.46. The number of anilines is 1. The number of carbonyl (C=O) groups is 1. The fourth-order valence-electron chi connectivity index (χ4n) is 3.12. The average molecular weight is 336 g/mol. The van der Waals surface area contributed by atoms with Crippen molar-refractivity contribution in [3.63, 3.8) is 0 Å². The van der Waals surface area contributed by atoms with E-state index < -0.39 is 11.7 Å². The molecule has 1 heterocycles. The zero-order valence-electron chi connectivity index (χ0n) is 14.4. The predicted octanol–water partition coefficient (Wildman–Crippen LogP) is 3.81. The van der Waals surface area contributed by atoms with Gasteiger partial charge in [-0.1, -0.05) is 18.2 Å². The minimum absolute atomic E-state index is 0.335. The molecular formula is C20H20N2O3. The molecule has 1 N–H and O–H groups in total. The second-order valence-electron chi connectivity index (χ2n) is 6.59. The molecule has 128 valence electrons. The van der Waals surface area contributed by atoms with E-state index in [1.54, 1.807) is 18.2 Å². The second-order valence-corrected chi connectivity index (χ2v) is 6.59. The Kier molecular flexibility index (Phi) is 4.37. The number of esters is 1. The molecule has 0 aliphatic carbocycles. The van der Waals surface area contributed by atoms with Crippen LogP contribution in [0.3, 0.4) is 0 Å². The lowest BCUT2D eigenvalue weighted by atomic mass is 9.85. The Morgan fingerprint density at radius 2 is 1.96 bits per heavy atom. The minimum Gasteiger partial charge on any atom is -0.484 e. The summed E-state index contributed by atoms with van der Waals surface area (Å²) in [7, 11) is 0. The molecule has 0 bridgehead atoms. The number of benzene rings is 2. The summed E-state index contributed by atoms with van der Waals surface area (Å²) in [5.41, 5.74) is 1.51. The highest BCUT2D eigenvalue weighted by molar-refractivity contribution is 5.67. The van der Waals surface area contributed by atoms with Gasteiger partial charge in [0.25, 0.3) is 0 Å². The number of ether oxygens (including phenoxy) is 2. The van der Waals surface area contributed by atoms with Crippen LogP contribution in [0.2, 0.25) is 0 Å². The van der Waals surface area contributed by atoms with E-state index in [0.29, 0.717) is 11.3 Å². The Balaban J connectivity index is 2.09. The van der Waals surface area contributed by atoms with Crippen LogP contribution in [0.1, 0.15) is 37.9 Å². The number of hydrogen-bond donors (Lipinski definition) is 1. The number of nitrogens with one attached hydrogen (secondary N) is 1. The Morgan fingerprint density at radius 3 is 2.60 bits per heavy atom. The van der Waals surface area contributed by atoms with Gasteiger partial charge in [-0.3, -0.25) is 4.79 Å². The number of hydrogen-bond acceptors (Lipinski definition) is 5. The van der Waals surface area contributed by atoms with Gasteiger partial charge in [0.1, 0.15) is 11.4 Å². The zero-order valence-corrected chi connectivity index (χ0v) is 14.4. The smallest absolute Gasteiger partial charge is 0.303 e. The third kappa shape index (κ3) is 3.43. The largest absolute Gasteiger partial charge is 0.484 e. The molecule has 0 amide bonds. The van der Waals surface area contributed by atoms with E-state index in [4.69, 9.17) is 9.47 Å². The van der Waals surface area contributed by atoms with Crippen molar-refractivity contribution in [2.45, 2.75) is 38.5 Å². The van der Waals surface area contributed by atoms with Crippen LogP contribution in [0.5, 0.6) is 5.75 Å². The van der Waals surface area contributed by atoms with Crippen LogP contribution >= 0.6 is 0 Å². The first-order chi connectivity index (χ1) is 11.9. The fourth-order valence-corrected chi connectivity index (χ4v) is 3.12. The fraction of sp³-hybridized carbons (Fsp3) is 0.300. The normalized spacial score (nSPS) is 20.6. The van der Waals surface area contributed by atoms with Crippen LogP contribution < -0.4 is 10.1 Å². The van der Waals surface area contributed by atoms with Crippen molar-refractivity contribution in [2.24, 2.45) is 0 Å². The van der Waals surface area contributed by atoms with Gasteiger partial charge in [-0.15, -0.1) is 0 Å². The van der Waals surface area contributed by atoms with E-state index in [2.05, 4.69) is 11.4 Å². The van der Waals surface area contributed by atoms with Crippen LogP contribution in [-0.4, -0.2) is 17.7 Å². The summed E-state index contributed by atoms with van der Waals surface area (Å²) in [4.78, 5) is 11.7. The summed E-state index contributed by atoms with van der Waals surface area (Å²) < 4.78 is 11.7. The van der Waals surface area contributed by atoms with Gasteiger partial charge in [-0.25, -0.2) is 0 Å². The molecule has 2 aromatic carbocycles. The summed E-state index contributed by atoms with van der Waals surface area (Å²) in [5, 5.41) is 12.7. The minimum atomic E-state index is -0.723. The lowest BCUT2D eigenvalue weighted by Crippen LogP contribution is -2.52. The highest BCUT2D eigenvalue weighted by atomic mass is 16.6. The van der Waals surface area contributed by atoms with Crippen molar-refractivity contribution in [1.29, 1.82) is 5.26 Å². The molecule has 0 saturated heterocycles. The summed E-state index contributed by atoms with van der Waals surface area (Å²) >= 11 is 0. The Labute approximate surface area is 147 Å². The van der Waals surface area contributed by atoms with Crippen molar-refractivity contribution in [1.82, 2.24) is 0 Å². The maximum absolute atomic E-state index is 11.7. The number of nitrogens with zero attached hydrogens (tertiary/aromatic N) is 1. The molecule has 5 heteroatoms. The van der Waals surface area contributed by atoms with Crippen LogP contribution in [0.15, 0.2) is 48.5 Å². The van der Waals surface area contributed by atoms with Gasteiger partial charge < -0.3 is 14.8 Å². The van der Waals surface area contributed by atoms with Gasteiger partial charge in [0.2, 0.25) is 0 Å². The quantitative estimate of drug-likeness (QED) is 0.863. The Bertz CT molecular complexity index is 825. The summed E-state index contributed by atoms with van der Waals surface area (Å²) in [5.74, 6) is 0.308. The van der Waals surface area contributed by atoms with E-state index in [9.17, 15) is 10.1 Å². The van der Waals surface area contributed by atoms with Gasteiger partial charge in [0, 0.05) is 18.2 Å². The third-order valence-corrected chi connectivity index (χ3v) is 4.22. The van der Waals surface area contributed by atoms with Gasteiger partial charge in [-0.05, 0) is 44.2 Å². The predicted molar refractivity (Wildman–Crippen MR) is 94.2 cm³/mol. The van der Waals surface area contributed by atoms with Crippen molar-refractivity contribution in [2.75, 3.05) is 5.32 Å². The van der Waals surface area contributed by atoms with E-state index in [0.717, 1.165) is 11.3 Å². The maximum Gasteiger partial charge on any atom is 0.303 e. The number of carbonyl (C=O) groups excluding carboxylic acids is 1. The van der Waals surface area contributed by atoms with Crippen molar-refractivity contribution in [3.8, 4) is 11.8 Å². The standard InChI is InChI=1S/C20H20N2O3/c1-13(23)24-19-18(22-15-7-5-4-6-8-15)16-11-14(12-21)9-10-17(16)25-20(19,2)3/h4-11,18-19,22H,1-3H3/t18?,19-/m0/s1. The molecule has 0 fully saturated rings. The molecule has 2 atom stereocenters. The maximum atomic E-state index is 11.7. The highest BCUT2D eigenvalue weighted by Crippen LogP contribution is 2.43. The summed E-state index contributed by atoms with van der Waals surface area (Å²) in [6, 6.07) is 16.8. The molecule has 3 rings (SSSR count). The van der Waals surface area contributed by atoms with Crippen molar-refractivity contribution >= 4 is 11.7 Å². The Hall–Kier alpha value is -3.00. The topological polar surface area (TPSA) is 71.3 Å². The zero-order chi connectivity index (χ0) is 18.0. The molecule has 1 aliphatic heterocycles. The van der Waals surface area contributed by atoms with Gasteiger partial charge in [0.15, 0.2) is 6.10 Å². The molecule has 5 nitrogen and oxygen atoms in total. The first-order valence-electron chi connectivity index (χ1n) is 8.12. The molecule has 25 heavy (non-hydrogen) atoms. The Morgan fingerprint density at radius 1 is 1.24 bits per heavy atom. The molecule has 2 aromatic rings. The number of para-hydroxylation sites is 1. The molecule has 0 spiro atoms. The summed E-state index contributed by atoms with van der Waals surface area (Å²) in [6.07, 6.45) is -0.549. The number of rotatable bonds is 3. The summed E-state index contributed by atoms with van der Waals surface area (Å²) in [6.45, 7) is 5.17. The van der Waals surface area contributed by atoms with E-state index in [1.807, 2.05) is 44.2 Å². The molecule has 0 saturated carbocycles. The number of nitriles is 1. The van der Waals surface area contributed by atoms with Gasteiger partial charge in [-0.2, -0.15) is 5.26 Å². The first kappa shape index (κ1) is 16.8. The van der Waals surface area contributed by atoms with E-state index in [-0.39, 0.29) is 12.0 Å². The van der Waals surface area contributed by atoms with E-state index >= 15 is 0 Å². The first-order valence-corrected chi connectivity index (χ1v) is 8.12. The van der Waals surface area contributed by atoms with Gasteiger partial charge in [0.05, 0.1) is 17.7 Å². The second kappa shape index (κ2) is 6.48. The van der Waals surface area contributed by atoms with Crippen molar-refractivity contribution in [3.05, 3.63) is 59.7 Å². The third-order valence-electron chi connectivity index (χ3n) is 4.22. The monoisotopic (exact) mass is 336 g/mol. The molecule has 0 radical (unpaired) electrons. The molecule has 1 aliphatic rings. The van der Waals surface area contributed by atoms with Crippen LogP contribution in [0, 0.1) is 11.3 Å². The van der Waals surface area contributed by atoms with E-state index in [1.165, 1.54) is 6.92 Å². The van der Waals surface area contributed by atoms with Gasteiger partial charge >= 0.3 is 5.97 Å². The number of fused-ring (bicyclic) bond motifs is 1. The van der Waals surface area contributed by atoms with Crippen molar-refractivity contribution < 1.29 is 14.3 Å². The van der Waals surface area contributed by atoms with Crippen LogP contribution in [-0.2, 0) is 9.53 Å². The SMILES string of the molecule is CC(=O)O[C@H]1C(Nc2ccccc2)c2cc(C#N)ccc2OC1(C)C. The van der Waals surface area contributed by atoms with Crippen LogP contribution in [0.4, 0.5) is 5.69 Å². The molecule has 0 aromatic heterocycles. The lowest BCUT2D eigenvalue weighted by molar-refractivity contribution is -0.160. The molecular weight excluding hydrogens is 316 g/mol. The lowest BCUT2D eigenvalue weighted by Gasteiger charge is -2.44.